The summed E-state index contributed by atoms with van der Waals surface area (Å²) in [6.07, 6.45) is 0.174. The Balaban J connectivity index is 2.42. The van der Waals surface area contributed by atoms with Gasteiger partial charge < -0.3 is 14.7 Å². The molecule has 0 aliphatic heterocycles. The molecular formula is C13H19NO3. The fourth-order valence-electron chi connectivity index (χ4n) is 1.53. The lowest BCUT2D eigenvalue weighted by atomic mass is 10.2. The van der Waals surface area contributed by atoms with Gasteiger partial charge in [0.25, 0.3) is 0 Å². The molecule has 0 saturated carbocycles. The number of carbonyl (C=O) groups is 1. The quantitative estimate of drug-likeness (QED) is 0.788. The van der Waals surface area contributed by atoms with Crippen LogP contribution in [0.4, 0.5) is 0 Å². The molecule has 0 aliphatic rings. The maximum atomic E-state index is 10.4. The third-order valence-electron chi connectivity index (χ3n) is 2.39. The van der Waals surface area contributed by atoms with Crippen molar-refractivity contribution in [3.05, 3.63) is 29.8 Å². The molecule has 4 nitrogen and oxygen atoms in total. The van der Waals surface area contributed by atoms with Crippen LogP contribution in [-0.4, -0.2) is 36.2 Å². The zero-order chi connectivity index (χ0) is 12.7. The van der Waals surface area contributed by atoms with Crippen LogP contribution in [0.15, 0.2) is 24.3 Å². The summed E-state index contributed by atoms with van der Waals surface area (Å²) in [5.74, 6) is 0.105. The molecule has 1 N–H and O–H groups in total. The van der Waals surface area contributed by atoms with Gasteiger partial charge in [0.2, 0.25) is 0 Å². The van der Waals surface area contributed by atoms with Crippen molar-refractivity contribution in [2.75, 3.05) is 20.2 Å². The molecule has 1 aromatic rings. The summed E-state index contributed by atoms with van der Waals surface area (Å²) in [7, 11) is 1.92. The molecule has 0 fully saturated rings. The van der Waals surface area contributed by atoms with Crippen molar-refractivity contribution in [1.29, 1.82) is 0 Å². The second kappa shape index (κ2) is 6.91. The lowest BCUT2D eigenvalue weighted by Crippen LogP contribution is -2.21. The van der Waals surface area contributed by atoms with E-state index >= 15 is 0 Å². The molecule has 0 atom stereocenters. The van der Waals surface area contributed by atoms with Gasteiger partial charge in [-0.05, 0) is 31.7 Å². The molecule has 0 saturated heterocycles. The smallest absolute Gasteiger partial charge is 0.304 e. The van der Waals surface area contributed by atoms with Gasteiger partial charge in [-0.25, -0.2) is 0 Å². The fraction of sp³-hybridized carbons (Fsp3) is 0.462. The molecule has 94 valence electrons. The van der Waals surface area contributed by atoms with Crippen LogP contribution in [0.1, 0.15) is 18.9 Å². The van der Waals surface area contributed by atoms with Crippen LogP contribution in [0, 0.1) is 0 Å². The number of nitrogens with zero attached hydrogens (tertiary/aromatic N) is 1. The first-order chi connectivity index (χ1) is 8.11. The largest absolute Gasteiger partial charge is 0.494 e. The summed E-state index contributed by atoms with van der Waals surface area (Å²) in [6, 6.07) is 7.87. The molecule has 0 bridgehead atoms. The fourth-order valence-corrected chi connectivity index (χ4v) is 1.53. The minimum Gasteiger partial charge on any atom is -0.494 e. The van der Waals surface area contributed by atoms with Gasteiger partial charge in [0, 0.05) is 13.1 Å². The van der Waals surface area contributed by atoms with Crippen LogP contribution in [0.5, 0.6) is 5.75 Å². The van der Waals surface area contributed by atoms with Gasteiger partial charge in [-0.2, -0.15) is 0 Å². The van der Waals surface area contributed by atoms with Crippen LogP contribution in [0.3, 0.4) is 0 Å². The van der Waals surface area contributed by atoms with E-state index in [1.165, 1.54) is 0 Å². The van der Waals surface area contributed by atoms with E-state index in [0.29, 0.717) is 13.2 Å². The molecule has 0 spiro atoms. The number of carboxylic acid groups (broad SMARTS) is 1. The highest BCUT2D eigenvalue weighted by Gasteiger charge is 2.03. The van der Waals surface area contributed by atoms with E-state index in [-0.39, 0.29) is 6.42 Å². The van der Waals surface area contributed by atoms with Gasteiger partial charge in [0.1, 0.15) is 5.75 Å². The number of hydrogen-bond donors (Lipinski definition) is 1. The van der Waals surface area contributed by atoms with Gasteiger partial charge in [-0.15, -0.1) is 0 Å². The number of aliphatic carboxylic acids is 1. The van der Waals surface area contributed by atoms with Gasteiger partial charge in [0.05, 0.1) is 13.0 Å². The Labute approximate surface area is 102 Å². The van der Waals surface area contributed by atoms with E-state index in [1.807, 2.05) is 43.1 Å². The van der Waals surface area contributed by atoms with E-state index in [9.17, 15) is 4.79 Å². The van der Waals surface area contributed by atoms with Gasteiger partial charge in [-0.3, -0.25) is 4.79 Å². The molecule has 0 aliphatic carbocycles. The Hall–Kier alpha value is -1.55. The standard InChI is InChI=1S/C13H19NO3/c1-3-17-12-6-4-11(5-7-12)10-14(2)9-8-13(15)16/h4-7H,3,8-10H2,1-2H3,(H,15,16). The van der Waals surface area contributed by atoms with Crippen LogP contribution in [0.2, 0.25) is 0 Å². The van der Waals surface area contributed by atoms with Crippen molar-refractivity contribution in [3.63, 3.8) is 0 Å². The average Bonchev–Trinajstić information content (AvgIpc) is 2.29. The first kappa shape index (κ1) is 13.5. The topological polar surface area (TPSA) is 49.8 Å². The summed E-state index contributed by atoms with van der Waals surface area (Å²) >= 11 is 0. The third-order valence-corrected chi connectivity index (χ3v) is 2.39. The number of ether oxygens (including phenoxy) is 1. The van der Waals surface area contributed by atoms with E-state index in [2.05, 4.69) is 0 Å². The predicted molar refractivity (Wildman–Crippen MR) is 66.2 cm³/mol. The molecular weight excluding hydrogens is 218 g/mol. The lowest BCUT2D eigenvalue weighted by Gasteiger charge is -2.15. The summed E-state index contributed by atoms with van der Waals surface area (Å²) in [6.45, 7) is 3.92. The zero-order valence-electron chi connectivity index (χ0n) is 10.3. The van der Waals surface area contributed by atoms with E-state index in [0.717, 1.165) is 17.9 Å². The van der Waals surface area contributed by atoms with Gasteiger partial charge in [-0.1, -0.05) is 12.1 Å². The number of hydrogen-bond acceptors (Lipinski definition) is 3. The number of carboxylic acids is 1. The van der Waals surface area contributed by atoms with E-state index < -0.39 is 5.97 Å². The van der Waals surface area contributed by atoms with Crippen molar-refractivity contribution in [2.24, 2.45) is 0 Å². The van der Waals surface area contributed by atoms with Crippen LogP contribution in [-0.2, 0) is 11.3 Å². The van der Waals surface area contributed by atoms with Crippen LogP contribution >= 0.6 is 0 Å². The first-order valence-corrected chi connectivity index (χ1v) is 5.74. The van der Waals surface area contributed by atoms with Crippen molar-refractivity contribution in [3.8, 4) is 5.75 Å². The minimum absolute atomic E-state index is 0.174. The Morgan fingerprint density at radius 1 is 1.35 bits per heavy atom. The molecule has 0 aromatic heterocycles. The Bertz CT molecular complexity index is 348. The highest BCUT2D eigenvalue weighted by atomic mass is 16.5. The maximum Gasteiger partial charge on any atom is 0.304 e. The maximum absolute atomic E-state index is 10.4. The number of rotatable bonds is 7. The van der Waals surface area contributed by atoms with Crippen LogP contribution < -0.4 is 4.74 Å². The second-order valence-electron chi connectivity index (χ2n) is 3.96. The summed E-state index contributed by atoms with van der Waals surface area (Å²) in [5, 5.41) is 8.58. The monoisotopic (exact) mass is 237 g/mol. The molecule has 0 heterocycles. The number of benzene rings is 1. The molecule has 1 aromatic carbocycles. The van der Waals surface area contributed by atoms with Crippen LogP contribution in [0.25, 0.3) is 0 Å². The molecule has 0 radical (unpaired) electrons. The van der Waals surface area contributed by atoms with E-state index in [4.69, 9.17) is 9.84 Å². The average molecular weight is 237 g/mol. The first-order valence-electron chi connectivity index (χ1n) is 5.74. The Morgan fingerprint density at radius 3 is 2.53 bits per heavy atom. The normalized spacial score (nSPS) is 10.5. The van der Waals surface area contributed by atoms with Crippen molar-refractivity contribution in [2.45, 2.75) is 19.9 Å². The lowest BCUT2D eigenvalue weighted by molar-refractivity contribution is -0.137. The zero-order valence-corrected chi connectivity index (χ0v) is 10.3. The minimum atomic E-state index is -0.761. The molecule has 17 heavy (non-hydrogen) atoms. The summed E-state index contributed by atoms with van der Waals surface area (Å²) in [5.41, 5.74) is 1.15. The molecule has 4 heteroatoms. The van der Waals surface area contributed by atoms with E-state index in [1.54, 1.807) is 0 Å². The Kier molecular flexibility index (Phi) is 5.49. The SMILES string of the molecule is CCOc1ccc(CN(C)CCC(=O)O)cc1. The summed E-state index contributed by atoms with van der Waals surface area (Å²) < 4.78 is 5.35. The second-order valence-corrected chi connectivity index (χ2v) is 3.96. The van der Waals surface area contributed by atoms with Crippen molar-refractivity contribution in [1.82, 2.24) is 4.90 Å². The van der Waals surface area contributed by atoms with Gasteiger partial charge in [0.15, 0.2) is 0 Å². The predicted octanol–water partition coefficient (Wildman–Crippen LogP) is 1.99. The highest BCUT2D eigenvalue weighted by Crippen LogP contribution is 2.13. The Morgan fingerprint density at radius 2 is 2.00 bits per heavy atom. The van der Waals surface area contributed by atoms with Crippen molar-refractivity contribution < 1.29 is 14.6 Å². The van der Waals surface area contributed by atoms with Gasteiger partial charge >= 0.3 is 5.97 Å². The molecule has 1 rings (SSSR count). The van der Waals surface area contributed by atoms with Crippen molar-refractivity contribution >= 4 is 5.97 Å². The molecule has 0 amide bonds. The summed E-state index contributed by atoms with van der Waals surface area (Å²) in [4.78, 5) is 12.4. The third kappa shape index (κ3) is 5.36. The highest BCUT2D eigenvalue weighted by molar-refractivity contribution is 5.66. The molecule has 0 unspecified atom stereocenters.